The zero-order valence-electron chi connectivity index (χ0n) is 12.9. The molecule has 0 radical (unpaired) electrons. The Hall–Kier alpha value is -1.37. The molecule has 0 spiro atoms. The van der Waals surface area contributed by atoms with E-state index in [1.807, 2.05) is 39.0 Å². The first-order valence-electron chi connectivity index (χ1n) is 7.17. The van der Waals surface area contributed by atoms with Gasteiger partial charge in [0.05, 0.1) is 0 Å². The first-order chi connectivity index (χ1) is 8.86. The van der Waals surface area contributed by atoms with Gasteiger partial charge >= 0.3 is 0 Å². The molecule has 0 aromatic heterocycles. The lowest BCUT2D eigenvalue weighted by atomic mass is 9.87. The van der Waals surface area contributed by atoms with Gasteiger partial charge in [0, 0.05) is 5.41 Å². The van der Waals surface area contributed by atoms with Crippen molar-refractivity contribution in [3.63, 3.8) is 0 Å². The van der Waals surface area contributed by atoms with Gasteiger partial charge in [-0.15, -0.1) is 0 Å². The zero-order chi connectivity index (χ0) is 14.5. The summed E-state index contributed by atoms with van der Waals surface area (Å²) in [6, 6.07) is 8.31. The number of ketones is 1. The molecule has 1 aromatic carbocycles. The Morgan fingerprint density at radius 1 is 1.21 bits per heavy atom. The summed E-state index contributed by atoms with van der Waals surface area (Å²) in [5.41, 5.74) is 3.33. The van der Waals surface area contributed by atoms with Crippen molar-refractivity contribution in [1.29, 1.82) is 0 Å². The van der Waals surface area contributed by atoms with Crippen LogP contribution in [0.25, 0.3) is 5.57 Å². The molecule has 0 unspecified atom stereocenters. The van der Waals surface area contributed by atoms with Gasteiger partial charge in [-0.2, -0.15) is 0 Å². The van der Waals surface area contributed by atoms with Crippen molar-refractivity contribution in [3.05, 3.63) is 41.5 Å². The summed E-state index contributed by atoms with van der Waals surface area (Å²) in [6.45, 7) is 10.2. The van der Waals surface area contributed by atoms with E-state index in [0.29, 0.717) is 0 Å². The highest BCUT2D eigenvalue weighted by Gasteiger charge is 2.20. The molecular formula is C18H26O. The van der Waals surface area contributed by atoms with Gasteiger partial charge in [-0.05, 0) is 42.5 Å². The van der Waals surface area contributed by atoms with Crippen molar-refractivity contribution < 1.29 is 4.79 Å². The Bertz CT molecular complexity index is 461. The van der Waals surface area contributed by atoms with Gasteiger partial charge in [-0.25, -0.2) is 0 Å². The molecule has 0 heterocycles. The summed E-state index contributed by atoms with van der Waals surface area (Å²) >= 11 is 0. The lowest BCUT2D eigenvalue weighted by molar-refractivity contribution is -0.121. The predicted molar refractivity (Wildman–Crippen MR) is 83.1 cm³/mol. The van der Waals surface area contributed by atoms with Gasteiger partial charge < -0.3 is 0 Å². The molecule has 0 saturated heterocycles. The minimum Gasteiger partial charge on any atom is -0.294 e. The molecule has 0 fully saturated rings. The van der Waals surface area contributed by atoms with Crippen LogP contribution in [0.3, 0.4) is 0 Å². The number of unbranched alkanes of at least 4 members (excludes halogenated alkanes) is 1. The average molecular weight is 258 g/mol. The molecule has 0 atom stereocenters. The first kappa shape index (κ1) is 15.7. The van der Waals surface area contributed by atoms with Crippen molar-refractivity contribution in [2.75, 3.05) is 0 Å². The topological polar surface area (TPSA) is 17.1 Å². The monoisotopic (exact) mass is 258 g/mol. The largest absolute Gasteiger partial charge is 0.294 e. The Labute approximate surface area is 117 Å². The molecule has 19 heavy (non-hydrogen) atoms. The molecule has 0 aliphatic carbocycles. The van der Waals surface area contributed by atoms with E-state index in [0.717, 1.165) is 19.3 Å². The van der Waals surface area contributed by atoms with E-state index < -0.39 is 0 Å². The lowest BCUT2D eigenvalue weighted by Crippen LogP contribution is -2.18. The van der Waals surface area contributed by atoms with Crippen molar-refractivity contribution in [1.82, 2.24) is 0 Å². The highest BCUT2D eigenvalue weighted by atomic mass is 16.1. The maximum Gasteiger partial charge on any atom is 0.161 e. The summed E-state index contributed by atoms with van der Waals surface area (Å²) in [6.07, 6.45) is 5.10. The molecule has 1 heteroatoms. The van der Waals surface area contributed by atoms with Crippen molar-refractivity contribution in [2.45, 2.75) is 53.9 Å². The number of allylic oxidation sites excluding steroid dienone is 2. The third-order valence-electron chi connectivity index (χ3n) is 3.34. The van der Waals surface area contributed by atoms with Crippen LogP contribution >= 0.6 is 0 Å². The second-order valence-corrected chi connectivity index (χ2v) is 6.20. The van der Waals surface area contributed by atoms with Gasteiger partial charge in [0.25, 0.3) is 0 Å². The van der Waals surface area contributed by atoms with Crippen LogP contribution in [0.5, 0.6) is 0 Å². The SMILES string of the molecule is CCCCC(=CC(=O)C(C)(C)C)c1ccccc1C. The summed E-state index contributed by atoms with van der Waals surface area (Å²) in [5.74, 6) is 0.210. The Morgan fingerprint density at radius 2 is 1.84 bits per heavy atom. The average Bonchev–Trinajstić information content (AvgIpc) is 2.34. The molecule has 0 saturated carbocycles. The fourth-order valence-corrected chi connectivity index (χ4v) is 1.96. The van der Waals surface area contributed by atoms with Crippen LogP contribution in [0.2, 0.25) is 0 Å². The Morgan fingerprint density at radius 3 is 2.37 bits per heavy atom. The number of hydrogen-bond donors (Lipinski definition) is 0. The van der Waals surface area contributed by atoms with Crippen LogP contribution in [0.1, 0.15) is 58.1 Å². The molecule has 1 aromatic rings. The number of benzene rings is 1. The predicted octanol–water partition coefficient (Wildman–Crippen LogP) is 5.18. The van der Waals surface area contributed by atoms with Crippen LogP contribution in [0.15, 0.2) is 30.3 Å². The second-order valence-electron chi connectivity index (χ2n) is 6.20. The molecule has 1 rings (SSSR count). The van der Waals surface area contributed by atoms with Crippen LogP contribution in [-0.4, -0.2) is 5.78 Å². The standard InChI is InChI=1S/C18H26O/c1-6-7-11-15(13-17(19)18(3,4)5)16-12-9-8-10-14(16)2/h8-10,12-13H,6-7,11H2,1-5H3. The summed E-state index contributed by atoms with van der Waals surface area (Å²) in [4.78, 5) is 12.2. The van der Waals surface area contributed by atoms with Crippen LogP contribution in [0, 0.1) is 12.3 Å². The normalized spacial score (nSPS) is 12.6. The smallest absolute Gasteiger partial charge is 0.161 e. The van der Waals surface area contributed by atoms with E-state index in [2.05, 4.69) is 26.0 Å². The second kappa shape index (κ2) is 6.70. The zero-order valence-corrected chi connectivity index (χ0v) is 12.9. The Kier molecular flexibility index (Phi) is 5.53. The number of aryl methyl sites for hydroxylation is 1. The van der Waals surface area contributed by atoms with Crippen LogP contribution in [-0.2, 0) is 4.79 Å². The van der Waals surface area contributed by atoms with E-state index in [-0.39, 0.29) is 11.2 Å². The third kappa shape index (κ3) is 4.66. The fourth-order valence-electron chi connectivity index (χ4n) is 1.96. The van der Waals surface area contributed by atoms with Crippen LogP contribution in [0.4, 0.5) is 0 Å². The van der Waals surface area contributed by atoms with E-state index in [1.54, 1.807) is 0 Å². The summed E-state index contributed by atoms with van der Waals surface area (Å²) < 4.78 is 0. The van der Waals surface area contributed by atoms with E-state index in [1.165, 1.54) is 16.7 Å². The number of carbonyl (C=O) groups is 1. The number of rotatable bonds is 5. The van der Waals surface area contributed by atoms with E-state index >= 15 is 0 Å². The molecule has 0 bridgehead atoms. The molecular weight excluding hydrogens is 232 g/mol. The maximum atomic E-state index is 12.2. The molecule has 0 N–H and O–H groups in total. The molecule has 1 nitrogen and oxygen atoms in total. The molecule has 104 valence electrons. The van der Waals surface area contributed by atoms with E-state index in [9.17, 15) is 4.79 Å². The fraction of sp³-hybridized carbons (Fsp3) is 0.500. The minimum absolute atomic E-state index is 0.210. The number of carbonyl (C=O) groups excluding carboxylic acids is 1. The highest BCUT2D eigenvalue weighted by molar-refractivity contribution is 6.00. The minimum atomic E-state index is -0.305. The maximum absolute atomic E-state index is 12.2. The van der Waals surface area contributed by atoms with Crippen LogP contribution < -0.4 is 0 Å². The van der Waals surface area contributed by atoms with E-state index in [4.69, 9.17) is 0 Å². The quantitative estimate of drug-likeness (QED) is 0.665. The van der Waals surface area contributed by atoms with Crippen molar-refractivity contribution in [3.8, 4) is 0 Å². The van der Waals surface area contributed by atoms with Gasteiger partial charge in [-0.1, -0.05) is 58.4 Å². The Balaban J connectivity index is 3.12. The van der Waals surface area contributed by atoms with Gasteiger partial charge in [0.1, 0.15) is 0 Å². The number of hydrogen-bond acceptors (Lipinski definition) is 1. The van der Waals surface area contributed by atoms with Gasteiger partial charge in [0.15, 0.2) is 5.78 Å². The molecule has 0 aliphatic heterocycles. The highest BCUT2D eigenvalue weighted by Crippen LogP contribution is 2.26. The van der Waals surface area contributed by atoms with Gasteiger partial charge in [0.2, 0.25) is 0 Å². The summed E-state index contributed by atoms with van der Waals surface area (Å²) in [7, 11) is 0. The molecule has 0 aliphatic rings. The summed E-state index contributed by atoms with van der Waals surface area (Å²) in [5, 5.41) is 0. The van der Waals surface area contributed by atoms with Crippen molar-refractivity contribution >= 4 is 11.4 Å². The van der Waals surface area contributed by atoms with Crippen molar-refractivity contribution in [2.24, 2.45) is 5.41 Å². The third-order valence-corrected chi connectivity index (χ3v) is 3.34. The van der Waals surface area contributed by atoms with Gasteiger partial charge in [-0.3, -0.25) is 4.79 Å². The first-order valence-corrected chi connectivity index (χ1v) is 7.17. The molecule has 0 amide bonds. The lowest BCUT2D eigenvalue weighted by Gasteiger charge is -2.16.